The Morgan fingerprint density at radius 3 is 2.81 bits per heavy atom. The Morgan fingerprint density at radius 2 is 2.15 bits per heavy atom. The Hall–Kier alpha value is -2.32. The van der Waals surface area contributed by atoms with E-state index in [1.807, 2.05) is 48.7 Å². The molecule has 2 aromatic rings. The van der Waals surface area contributed by atoms with E-state index in [9.17, 15) is 0 Å². The summed E-state index contributed by atoms with van der Waals surface area (Å²) in [5, 5.41) is 12.2. The van der Waals surface area contributed by atoms with Crippen molar-refractivity contribution < 1.29 is 9.47 Å². The SMILES string of the molecule is COCCNC(=NCc1nnc(C)n1C)N(C)CCOc1cccc(Cl)c1. The lowest BCUT2D eigenvalue weighted by Crippen LogP contribution is -2.42. The fraction of sp³-hybridized carbons (Fsp3) is 0.500. The molecule has 0 saturated carbocycles. The van der Waals surface area contributed by atoms with E-state index < -0.39 is 0 Å². The van der Waals surface area contributed by atoms with E-state index in [-0.39, 0.29) is 0 Å². The Morgan fingerprint density at radius 1 is 1.33 bits per heavy atom. The zero-order chi connectivity index (χ0) is 19.6. The summed E-state index contributed by atoms with van der Waals surface area (Å²) < 4.78 is 12.8. The molecular formula is C18H27ClN6O2. The van der Waals surface area contributed by atoms with Gasteiger partial charge in [-0.25, -0.2) is 4.99 Å². The van der Waals surface area contributed by atoms with Gasteiger partial charge in [-0.15, -0.1) is 10.2 Å². The Kier molecular flexibility index (Phi) is 8.35. The molecule has 27 heavy (non-hydrogen) atoms. The molecule has 1 aromatic heterocycles. The lowest BCUT2D eigenvalue weighted by molar-refractivity contribution is 0.202. The van der Waals surface area contributed by atoms with Crippen LogP contribution < -0.4 is 10.1 Å². The molecule has 0 unspecified atom stereocenters. The number of nitrogens with zero attached hydrogens (tertiary/aromatic N) is 5. The van der Waals surface area contributed by atoms with Gasteiger partial charge in [-0.2, -0.15) is 0 Å². The maximum Gasteiger partial charge on any atom is 0.194 e. The van der Waals surface area contributed by atoms with Gasteiger partial charge >= 0.3 is 0 Å². The standard InChI is InChI=1S/C18H27ClN6O2/c1-14-22-23-17(25(14)3)13-21-18(20-8-10-26-4)24(2)9-11-27-16-7-5-6-15(19)12-16/h5-7,12H,8-11,13H2,1-4H3,(H,20,21). The van der Waals surface area contributed by atoms with Crippen LogP contribution in [0.1, 0.15) is 11.6 Å². The van der Waals surface area contributed by atoms with Crippen LogP contribution in [-0.4, -0.2) is 66.1 Å². The lowest BCUT2D eigenvalue weighted by Gasteiger charge is -2.22. The number of aliphatic imine (C=N–C) groups is 1. The van der Waals surface area contributed by atoms with Crippen LogP contribution in [0.3, 0.4) is 0 Å². The molecule has 0 aliphatic rings. The third kappa shape index (κ3) is 6.73. The van der Waals surface area contributed by atoms with E-state index in [1.54, 1.807) is 13.2 Å². The summed E-state index contributed by atoms with van der Waals surface area (Å²) in [6.07, 6.45) is 0. The van der Waals surface area contributed by atoms with Crippen LogP contribution in [0.5, 0.6) is 5.75 Å². The van der Waals surface area contributed by atoms with Crippen molar-refractivity contribution in [3.05, 3.63) is 40.9 Å². The first kappa shape index (κ1) is 21.0. The molecule has 0 fully saturated rings. The number of aromatic nitrogens is 3. The van der Waals surface area contributed by atoms with Gasteiger partial charge in [-0.1, -0.05) is 17.7 Å². The summed E-state index contributed by atoms with van der Waals surface area (Å²) in [4.78, 5) is 6.66. The van der Waals surface area contributed by atoms with E-state index in [0.717, 1.165) is 23.4 Å². The normalized spacial score (nSPS) is 11.5. The molecule has 2 rings (SSSR count). The van der Waals surface area contributed by atoms with Crippen LogP contribution in [0, 0.1) is 6.92 Å². The number of ether oxygens (including phenoxy) is 2. The quantitative estimate of drug-likeness (QED) is 0.397. The number of likely N-dealkylation sites (N-methyl/N-ethyl adjacent to an activating group) is 1. The van der Waals surface area contributed by atoms with Crippen molar-refractivity contribution in [3.8, 4) is 5.75 Å². The van der Waals surface area contributed by atoms with Gasteiger partial charge in [0.15, 0.2) is 11.8 Å². The highest BCUT2D eigenvalue weighted by Gasteiger charge is 2.09. The van der Waals surface area contributed by atoms with Gasteiger partial charge in [-0.3, -0.25) is 0 Å². The fourth-order valence-corrected chi connectivity index (χ4v) is 2.45. The van der Waals surface area contributed by atoms with Crippen molar-refractivity contribution in [2.45, 2.75) is 13.5 Å². The van der Waals surface area contributed by atoms with Gasteiger partial charge in [-0.05, 0) is 25.1 Å². The molecule has 0 aliphatic heterocycles. The molecule has 0 aliphatic carbocycles. The van der Waals surface area contributed by atoms with Crippen LogP contribution in [0.4, 0.5) is 0 Å². The highest BCUT2D eigenvalue weighted by atomic mass is 35.5. The molecule has 1 N–H and O–H groups in total. The van der Waals surface area contributed by atoms with Crippen molar-refractivity contribution in [2.24, 2.45) is 12.0 Å². The van der Waals surface area contributed by atoms with Crippen LogP contribution in [0.2, 0.25) is 5.02 Å². The van der Waals surface area contributed by atoms with Gasteiger partial charge in [0.1, 0.15) is 24.7 Å². The zero-order valence-corrected chi connectivity index (χ0v) is 17.0. The van der Waals surface area contributed by atoms with E-state index in [4.69, 9.17) is 21.1 Å². The third-order valence-electron chi connectivity index (χ3n) is 4.00. The van der Waals surface area contributed by atoms with E-state index in [0.29, 0.717) is 37.9 Å². The maximum atomic E-state index is 5.98. The van der Waals surface area contributed by atoms with Gasteiger partial charge in [0.05, 0.1) is 13.2 Å². The van der Waals surface area contributed by atoms with Crippen LogP contribution in [-0.2, 0) is 18.3 Å². The predicted octanol–water partition coefficient (Wildman–Crippen LogP) is 1.88. The molecule has 9 heteroatoms. The van der Waals surface area contributed by atoms with Crippen molar-refractivity contribution in [1.29, 1.82) is 0 Å². The molecule has 0 amide bonds. The minimum absolute atomic E-state index is 0.437. The average molecular weight is 395 g/mol. The molecule has 1 aromatic carbocycles. The highest BCUT2D eigenvalue weighted by Crippen LogP contribution is 2.16. The Balaban J connectivity index is 1.94. The third-order valence-corrected chi connectivity index (χ3v) is 4.23. The Labute approximate surface area is 165 Å². The first-order valence-corrected chi connectivity index (χ1v) is 9.10. The second-order valence-corrected chi connectivity index (χ2v) is 6.45. The smallest absolute Gasteiger partial charge is 0.194 e. The molecule has 0 bridgehead atoms. The largest absolute Gasteiger partial charge is 0.492 e. The first-order valence-electron chi connectivity index (χ1n) is 8.73. The van der Waals surface area contributed by atoms with Gasteiger partial charge in [0.25, 0.3) is 0 Å². The van der Waals surface area contributed by atoms with Gasteiger partial charge < -0.3 is 24.3 Å². The number of benzene rings is 1. The first-order chi connectivity index (χ1) is 13.0. The Bertz CT molecular complexity index is 749. The number of rotatable bonds is 9. The maximum absolute atomic E-state index is 5.98. The second-order valence-electron chi connectivity index (χ2n) is 6.01. The molecular weight excluding hydrogens is 368 g/mol. The zero-order valence-electron chi connectivity index (χ0n) is 16.3. The van der Waals surface area contributed by atoms with E-state index in [2.05, 4.69) is 20.5 Å². The van der Waals surface area contributed by atoms with Crippen molar-refractivity contribution in [3.63, 3.8) is 0 Å². The number of halogens is 1. The second kappa shape index (κ2) is 10.7. The monoisotopic (exact) mass is 394 g/mol. The minimum atomic E-state index is 0.437. The summed E-state index contributed by atoms with van der Waals surface area (Å²) in [6, 6.07) is 7.36. The van der Waals surface area contributed by atoms with Gasteiger partial charge in [0.2, 0.25) is 0 Å². The molecule has 8 nitrogen and oxygen atoms in total. The summed E-state index contributed by atoms with van der Waals surface area (Å²) in [7, 11) is 5.56. The highest BCUT2D eigenvalue weighted by molar-refractivity contribution is 6.30. The van der Waals surface area contributed by atoms with Crippen LogP contribution in [0.25, 0.3) is 0 Å². The number of hydrogen-bond donors (Lipinski definition) is 1. The fourth-order valence-electron chi connectivity index (χ4n) is 2.27. The van der Waals surface area contributed by atoms with E-state index in [1.165, 1.54) is 0 Å². The number of hydrogen-bond acceptors (Lipinski definition) is 5. The summed E-state index contributed by atoms with van der Waals surface area (Å²) in [5.41, 5.74) is 0. The lowest BCUT2D eigenvalue weighted by atomic mass is 10.3. The number of methoxy groups -OCH3 is 1. The van der Waals surface area contributed by atoms with Crippen LogP contribution in [0.15, 0.2) is 29.3 Å². The number of aryl methyl sites for hydroxylation is 1. The predicted molar refractivity (Wildman–Crippen MR) is 106 cm³/mol. The molecule has 0 saturated heterocycles. The molecule has 148 valence electrons. The molecule has 0 atom stereocenters. The van der Waals surface area contributed by atoms with Gasteiger partial charge in [0, 0.05) is 32.8 Å². The van der Waals surface area contributed by atoms with Crippen molar-refractivity contribution in [2.75, 3.05) is 40.5 Å². The summed E-state index contributed by atoms with van der Waals surface area (Å²) >= 11 is 5.98. The van der Waals surface area contributed by atoms with E-state index >= 15 is 0 Å². The van der Waals surface area contributed by atoms with Crippen molar-refractivity contribution >= 4 is 17.6 Å². The molecule has 0 radical (unpaired) electrons. The minimum Gasteiger partial charge on any atom is -0.492 e. The number of nitrogens with one attached hydrogen (secondary N) is 1. The molecule has 0 spiro atoms. The van der Waals surface area contributed by atoms with Crippen molar-refractivity contribution in [1.82, 2.24) is 25.0 Å². The molecule has 1 heterocycles. The summed E-state index contributed by atoms with van der Waals surface area (Å²) in [5.74, 6) is 3.16. The summed E-state index contributed by atoms with van der Waals surface area (Å²) in [6.45, 7) is 4.76. The topological polar surface area (TPSA) is 76.8 Å². The van der Waals surface area contributed by atoms with Crippen LogP contribution >= 0.6 is 11.6 Å². The average Bonchev–Trinajstić information content (AvgIpc) is 2.96. The number of guanidine groups is 1.